The maximum Gasteiger partial charge on any atom is 0.312 e. The van der Waals surface area contributed by atoms with Gasteiger partial charge in [-0.15, -0.1) is 0 Å². The zero-order chi connectivity index (χ0) is 23.4. The highest BCUT2D eigenvalue weighted by Gasteiger charge is 2.34. The van der Waals surface area contributed by atoms with Crippen LogP contribution in [-0.2, 0) is 4.79 Å². The minimum atomic E-state index is -0.722. The molecule has 0 saturated carbocycles. The highest BCUT2D eigenvalue weighted by molar-refractivity contribution is 5.90. The maximum absolute atomic E-state index is 13.3. The fraction of sp³-hybridized carbons (Fsp3) is 0.0741. The molecule has 0 spiro atoms. The number of hydrogen-bond donors (Lipinski definition) is 0. The Kier molecular flexibility index (Phi) is 4.45. The molecule has 1 aliphatic heterocycles. The molecule has 0 saturated heterocycles. The number of esters is 1. The second-order valence-corrected chi connectivity index (χ2v) is 8.09. The molecule has 2 aromatic heterocycles. The van der Waals surface area contributed by atoms with E-state index in [4.69, 9.17) is 13.6 Å². The second kappa shape index (κ2) is 7.52. The fourth-order valence-electron chi connectivity index (χ4n) is 4.48. The molecular formula is C27H15FO6. The Morgan fingerprint density at radius 3 is 2.41 bits per heavy atom. The lowest BCUT2D eigenvalue weighted by Gasteiger charge is -2.25. The van der Waals surface area contributed by atoms with Gasteiger partial charge in [0.1, 0.15) is 29.0 Å². The normalized spacial score (nSPS) is 15.3. The highest BCUT2D eigenvalue weighted by atomic mass is 19.1. The number of benzene rings is 3. The molecule has 1 aliphatic rings. The summed E-state index contributed by atoms with van der Waals surface area (Å²) in [5.74, 6) is -1.42. The molecule has 0 fully saturated rings. The summed E-state index contributed by atoms with van der Waals surface area (Å²) >= 11 is 0. The highest BCUT2D eigenvalue weighted by Crippen LogP contribution is 2.42. The van der Waals surface area contributed by atoms with Crippen molar-refractivity contribution in [3.8, 4) is 16.9 Å². The van der Waals surface area contributed by atoms with Gasteiger partial charge in [0.25, 0.3) is 0 Å². The molecule has 7 heteroatoms. The minimum absolute atomic E-state index is 0.112. The van der Waals surface area contributed by atoms with Gasteiger partial charge in [0.2, 0.25) is 5.43 Å². The van der Waals surface area contributed by atoms with Crippen LogP contribution in [0.5, 0.6) is 5.75 Å². The van der Waals surface area contributed by atoms with Crippen LogP contribution in [0.1, 0.15) is 23.5 Å². The maximum atomic E-state index is 13.3. The van der Waals surface area contributed by atoms with Crippen LogP contribution in [0.2, 0.25) is 0 Å². The van der Waals surface area contributed by atoms with E-state index in [0.29, 0.717) is 22.1 Å². The lowest BCUT2D eigenvalue weighted by molar-refractivity contribution is -0.135. The van der Waals surface area contributed by atoms with E-state index in [2.05, 4.69) is 0 Å². The molecule has 6 nitrogen and oxygen atoms in total. The van der Waals surface area contributed by atoms with Gasteiger partial charge < -0.3 is 13.6 Å². The van der Waals surface area contributed by atoms with Crippen LogP contribution in [0.3, 0.4) is 0 Å². The Bertz CT molecular complexity index is 1730. The first-order valence-electron chi connectivity index (χ1n) is 10.6. The first-order chi connectivity index (χ1) is 16.5. The SMILES string of the molecule is O=C1C[C@H](c2coc3ccccc3c2=O)c2c(ccc3c(=O)c(-c4ccc(F)cc4)coc23)O1. The molecule has 0 bridgehead atoms. The van der Waals surface area contributed by atoms with Crippen LogP contribution < -0.4 is 15.6 Å². The van der Waals surface area contributed by atoms with Crippen LogP contribution >= 0.6 is 0 Å². The zero-order valence-electron chi connectivity index (χ0n) is 17.5. The third-order valence-corrected chi connectivity index (χ3v) is 6.12. The lowest BCUT2D eigenvalue weighted by atomic mass is 9.85. The van der Waals surface area contributed by atoms with E-state index < -0.39 is 17.7 Å². The molecule has 0 aliphatic carbocycles. The van der Waals surface area contributed by atoms with Gasteiger partial charge in [0.05, 0.1) is 29.0 Å². The molecule has 5 aromatic rings. The van der Waals surface area contributed by atoms with Crippen molar-refractivity contribution in [1.82, 2.24) is 0 Å². The molecule has 0 radical (unpaired) electrons. The number of carbonyl (C=O) groups excluding carboxylic acids is 1. The van der Waals surface area contributed by atoms with Crippen LogP contribution in [-0.4, -0.2) is 5.97 Å². The van der Waals surface area contributed by atoms with E-state index >= 15 is 0 Å². The summed E-state index contributed by atoms with van der Waals surface area (Å²) in [7, 11) is 0. The number of fused-ring (bicyclic) bond motifs is 4. The van der Waals surface area contributed by atoms with Crippen molar-refractivity contribution < 1.29 is 22.8 Å². The smallest absolute Gasteiger partial charge is 0.312 e. The van der Waals surface area contributed by atoms with Gasteiger partial charge in [0, 0.05) is 17.0 Å². The van der Waals surface area contributed by atoms with Crippen LogP contribution in [0, 0.1) is 5.82 Å². The first-order valence-corrected chi connectivity index (χ1v) is 10.6. The van der Waals surface area contributed by atoms with E-state index in [1.54, 1.807) is 24.3 Å². The average Bonchev–Trinajstić information content (AvgIpc) is 2.84. The van der Waals surface area contributed by atoms with E-state index in [9.17, 15) is 18.8 Å². The summed E-state index contributed by atoms with van der Waals surface area (Å²) in [6.45, 7) is 0. The van der Waals surface area contributed by atoms with E-state index in [0.717, 1.165) is 0 Å². The number of halogens is 1. The van der Waals surface area contributed by atoms with Crippen molar-refractivity contribution >= 4 is 27.9 Å². The van der Waals surface area contributed by atoms with E-state index in [-0.39, 0.29) is 45.1 Å². The van der Waals surface area contributed by atoms with Gasteiger partial charge in [0.15, 0.2) is 5.43 Å². The van der Waals surface area contributed by atoms with Gasteiger partial charge in [-0.3, -0.25) is 14.4 Å². The summed E-state index contributed by atoms with van der Waals surface area (Å²) in [6.07, 6.45) is 2.54. The minimum Gasteiger partial charge on any atom is -0.464 e. The number of carbonyl (C=O) groups is 1. The largest absolute Gasteiger partial charge is 0.464 e. The third-order valence-electron chi connectivity index (χ3n) is 6.12. The molecule has 0 N–H and O–H groups in total. The number of para-hydroxylation sites is 1. The Morgan fingerprint density at radius 2 is 1.59 bits per heavy atom. The molecule has 34 heavy (non-hydrogen) atoms. The predicted octanol–water partition coefficient (Wildman–Crippen LogP) is 5.15. The van der Waals surface area contributed by atoms with Crippen LogP contribution in [0.4, 0.5) is 4.39 Å². The van der Waals surface area contributed by atoms with E-state index in [1.165, 1.54) is 48.9 Å². The summed E-state index contributed by atoms with van der Waals surface area (Å²) in [6, 6.07) is 15.4. The zero-order valence-corrected chi connectivity index (χ0v) is 17.5. The summed E-state index contributed by atoms with van der Waals surface area (Å²) in [5, 5.41) is 0.648. The third kappa shape index (κ3) is 3.05. The van der Waals surface area contributed by atoms with Crippen LogP contribution in [0.15, 0.2) is 91.6 Å². The standard InChI is InChI=1S/C27H15FO6/c28-15-7-5-14(6-8-15)19-12-33-27-17(26(19)31)9-10-22-24(27)18(11-23(29)34-22)20-13-32-21-4-2-1-3-16(21)25(20)30/h1-10,12-13,18H,11H2/t18-/m1/s1. The Balaban J connectivity index is 1.59. The van der Waals surface area contributed by atoms with Gasteiger partial charge in [-0.2, -0.15) is 0 Å². The Hall–Kier alpha value is -4.52. The van der Waals surface area contributed by atoms with Crippen LogP contribution in [0.25, 0.3) is 33.1 Å². The van der Waals surface area contributed by atoms with Gasteiger partial charge >= 0.3 is 5.97 Å². The molecular weight excluding hydrogens is 439 g/mol. The van der Waals surface area contributed by atoms with Gasteiger partial charge in [-0.05, 0) is 42.0 Å². The average molecular weight is 454 g/mol. The molecule has 1 atom stereocenters. The molecule has 3 heterocycles. The predicted molar refractivity (Wildman–Crippen MR) is 122 cm³/mol. The van der Waals surface area contributed by atoms with Crippen molar-refractivity contribution in [3.63, 3.8) is 0 Å². The Morgan fingerprint density at radius 1 is 0.794 bits per heavy atom. The molecule has 0 amide bonds. The quantitative estimate of drug-likeness (QED) is 0.271. The second-order valence-electron chi connectivity index (χ2n) is 8.09. The number of rotatable bonds is 2. The van der Waals surface area contributed by atoms with Crippen molar-refractivity contribution in [3.05, 3.63) is 111 Å². The summed E-state index contributed by atoms with van der Waals surface area (Å²) in [4.78, 5) is 39.0. The summed E-state index contributed by atoms with van der Waals surface area (Å²) in [5.41, 5.74) is 1.54. The number of ether oxygens (including phenoxy) is 1. The van der Waals surface area contributed by atoms with Crippen molar-refractivity contribution in [2.75, 3.05) is 0 Å². The lowest BCUT2D eigenvalue weighted by Crippen LogP contribution is -2.25. The van der Waals surface area contributed by atoms with Gasteiger partial charge in [-0.25, -0.2) is 4.39 Å². The monoisotopic (exact) mass is 454 g/mol. The fourth-order valence-corrected chi connectivity index (χ4v) is 4.48. The molecule has 6 rings (SSSR count). The molecule has 0 unspecified atom stereocenters. The van der Waals surface area contributed by atoms with E-state index in [1.807, 2.05) is 0 Å². The topological polar surface area (TPSA) is 86.7 Å². The molecule has 166 valence electrons. The van der Waals surface area contributed by atoms with Crippen molar-refractivity contribution in [1.29, 1.82) is 0 Å². The number of hydrogen-bond acceptors (Lipinski definition) is 6. The molecule has 3 aromatic carbocycles. The van der Waals surface area contributed by atoms with Gasteiger partial charge in [-0.1, -0.05) is 24.3 Å². The Labute approximate surface area is 190 Å². The van der Waals surface area contributed by atoms with Crippen molar-refractivity contribution in [2.45, 2.75) is 12.3 Å². The summed E-state index contributed by atoms with van der Waals surface area (Å²) < 4.78 is 30.3. The van der Waals surface area contributed by atoms with Crippen molar-refractivity contribution in [2.24, 2.45) is 0 Å². The first kappa shape index (κ1) is 20.1.